The van der Waals surface area contributed by atoms with E-state index in [1.54, 1.807) is 24.9 Å². The number of carbonyl (C=O) groups excluding carboxylic acids is 1. The predicted octanol–water partition coefficient (Wildman–Crippen LogP) is 1.27. The third-order valence-electron chi connectivity index (χ3n) is 4.18. The van der Waals surface area contributed by atoms with Crippen molar-refractivity contribution in [3.05, 3.63) is 54.6 Å². The van der Waals surface area contributed by atoms with Crippen LogP contribution in [0, 0.1) is 0 Å². The number of rotatable bonds is 5. The lowest BCUT2D eigenvalue weighted by atomic mass is 10.1. The lowest BCUT2D eigenvalue weighted by Gasteiger charge is -2.33. The molecule has 0 aliphatic carbocycles. The van der Waals surface area contributed by atoms with Gasteiger partial charge in [0.2, 0.25) is 17.6 Å². The summed E-state index contributed by atoms with van der Waals surface area (Å²) in [6, 6.07) is 5.17. The molecule has 1 fully saturated rings. The van der Waals surface area contributed by atoms with E-state index in [-0.39, 0.29) is 11.9 Å². The highest BCUT2D eigenvalue weighted by Crippen LogP contribution is 2.18. The molecule has 3 aromatic heterocycles. The van der Waals surface area contributed by atoms with Gasteiger partial charge < -0.3 is 14.3 Å². The van der Waals surface area contributed by atoms with E-state index in [1.807, 2.05) is 18.2 Å². The Kier molecular flexibility index (Phi) is 4.26. The van der Waals surface area contributed by atoms with Gasteiger partial charge in [-0.25, -0.2) is 0 Å². The monoisotopic (exact) mass is 339 g/mol. The lowest BCUT2D eigenvalue weighted by molar-refractivity contribution is -0.129. The van der Waals surface area contributed by atoms with Crippen LogP contribution < -0.4 is 5.32 Å². The Labute approximate surface area is 143 Å². The van der Waals surface area contributed by atoms with Crippen LogP contribution in [0.1, 0.15) is 11.5 Å². The number of furan rings is 1. The van der Waals surface area contributed by atoms with Crippen molar-refractivity contribution >= 4 is 5.91 Å². The van der Waals surface area contributed by atoms with Crippen LogP contribution in [-0.4, -0.2) is 45.1 Å². The first-order valence-electron chi connectivity index (χ1n) is 8.05. The second-order valence-corrected chi connectivity index (χ2v) is 5.86. The molecule has 25 heavy (non-hydrogen) atoms. The number of hydrogen-bond donors (Lipinski definition) is 1. The summed E-state index contributed by atoms with van der Waals surface area (Å²) in [6.07, 6.45) is 7.03. The first-order valence-corrected chi connectivity index (χ1v) is 8.05. The number of aromatic nitrogens is 3. The molecule has 1 aliphatic heterocycles. The van der Waals surface area contributed by atoms with Crippen LogP contribution in [0.3, 0.4) is 0 Å². The number of piperazine rings is 1. The fraction of sp³-hybridized carbons (Fsp3) is 0.294. The zero-order valence-electron chi connectivity index (χ0n) is 13.5. The summed E-state index contributed by atoms with van der Waals surface area (Å²) in [5.74, 6) is 0.902. The third-order valence-corrected chi connectivity index (χ3v) is 4.18. The highest BCUT2D eigenvalue weighted by atomic mass is 16.5. The van der Waals surface area contributed by atoms with Crippen LogP contribution in [0.4, 0.5) is 0 Å². The normalized spacial score (nSPS) is 18.2. The standard InChI is InChI=1S/C17H17N5O3/c23-17-14(22(7-6-19-17)10-12-3-8-24-11-12)9-15-20-16(21-25-15)13-1-4-18-5-2-13/h1-5,8,11,14H,6-7,9-10H2,(H,19,23). The Hall–Kier alpha value is -3.00. The van der Waals surface area contributed by atoms with Gasteiger partial charge in [-0.3, -0.25) is 14.7 Å². The van der Waals surface area contributed by atoms with Gasteiger partial charge in [0.05, 0.1) is 25.0 Å². The highest BCUT2D eigenvalue weighted by molar-refractivity contribution is 5.82. The lowest BCUT2D eigenvalue weighted by Crippen LogP contribution is -2.55. The van der Waals surface area contributed by atoms with Gasteiger partial charge in [-0.05, 0) is 18.2 Å². The Morgan fingerprint density at radius 1 is 1.28 bits per heavy atom. The highest BCUT2D eigenvalue weighted by Gasteiger charge is 2.31. The number of nitrogens with zero attached hydrogens (tertiary/aromatic N) is 4. The van der Waals surface area contributed by atoms with Crippen molar-refractivity contribution in [3.63, 3.8) is 0 Å². The molecule has 128 valence electrons. The van der Waals surface area contributed by atoms with Crippen molar-refractivity contribution in [2.45, 2.75) is 19.0 Å². The smallest absolute Gasteiger partial charge is 0.237 e. The van der Waals surface area contributed by atoms with Gasteiger partial charge in [0.25, 0.3) is 0 Å². The SMILES string of the molecule is O=C1NCCN(Cc2ccoc2)C1Cc1nc(-c2ccncc2)no1. The number of nitrogens with one attached hydrogen (secondary N) is 1. The summed E-state index contributed by atoms with van der Waals surface area (Å²) < 4.78 is 10.5. The van der Waals surface area contributed by atoms with Crippen molar-refractivity contribution < 1.29 is 13.7 Å². The van der Waals surface area contributed by atoms with E-state index >= 15 is 0 Å². The number of amides is 1. The molecule has 8 nitrogen and oxygen atoms in total. The van der Waals surface area contributed by atoms with E-state index in [9.17, 15) is 4.79 Å². The van der Waals surface area contributed by atoms with E-state index in [1.165, 1.54) is 0 Å². The molecule has 1 aliphatic rings. The largest absolute Gasteiger partial charge is 0.472 e. The van der Waals surface area contributed by atoms with E-state index in [0.29, 0.717) is 31.2 Å². The van der Waals surface area contributed by atoms with Gasteiger partial charge in [-0.15, -0.1) is 0 Å². The van der Waals surface area contributed by atoms with Crippen molar-refractivity contribution in [2.75, 3.05) is 13.1 Å². The Morgan fingerprint density at radius 2 is 2.16 bits per heavy atom. The van der Waals surface area contributed by atoms with E-state index in [2.05, 4.69) is 25.3 Å². The van der Waals surface area contributed by atoms with Crippen LogP contribution in [0.25, 0.3) is 11.4 Å². The third kappa shape index (κ3) is 3.43. The van der Waals surface area contributed by atoms with E-state index in [4.69, 9.17) is 8.94 Å². The topological polar surface area (TPSA) is 97.3 Å². The Balaban J connectivity index is 1.51. The fourth-order valence-electron chi connectivity index (χ4n) is 2.91. The van der Waals surface area contributed by atoms with Crippen LogP contribution in [0.5, 0.6) is 0 Å². The molecule has 0 spiro atoms. The summed E-state index contributed by atoms with van der Waals surface area (Å²) in [5.41, 5.74) is 1.86. The summed E-state index contributed by atoms with van der Waals surface area (Å²) in [4.78, 5) is 22.8. The molecular formula is C17H17N5O3. The van der Waals surface area contributed by atoms with Crippen LogP contribution in [-0.2, 0) is 17.8 Å². The van der Waals surface area contributed by atoms with Gasteiger partial charge >= 0.3 is 0 Å². The van der Waals surface area contributed by atoms with Crippen molar-refractivity contribution in [1.29, 1.82) is 0 Å². The molecule has 4 rings (SSSR count). The van der Waals surface area contributed by atoms with Crippen LogP contribution in [0.2, 0.25) is 0 Å². The second kappa shape index (κ2) is 6.86. The first-order chi connectivity index (χ1) is 12.3. The van der Waals surface area contributed by atoms with Gasteiger partial charge in [0.15, 0.2) is 0 Å². The number of hydrogen-bond acceptors (Lipinski definition) is 7. The average Bonchev–Trinajstić information content (AvgIpc) is 3.31. The van der Waals surface area contributed by atoms with E-state index < -0.39 is 0 Å². The Morgan fingerprint density at radius 3 is 2.96 bits per heavy atom. The molecule has 0 bridgehead atoms. The molecule has 4 heterocycles. The summed E-state index contributed by atoms with van der Waals surface area (Å²) in [7, 11) is 0. The zero-order chi connectivity index (χ0) is 17.1. The van der Waals surface area contributed by atoms with Crippen molar-refractivity contribution in [2.24, 2.45) is 0 Å². The molecular weight excluding hydrogens is 322 g/mol. The molecule has 1 unspecified atom stereocenters. The first kappa shape index (κ1) is 15.5. The van der Waals surface area contributed by atoms with Crippen molar-refractivity contribution in [3.8, 4) is 11.4 Å². The summed E-state index contributed by atoms with van der Waals surface area (Å²) in [6.45, 7) is 2.02. The van der Waals surface area contributed by atoms with Crippen molar-refractivity contribution in [1.82, 2.24) is 25.3 Å². The fourth-order valence-corrected chi connectivity index (χ4v) is 2.91. The number of carbonyl (C=O) groups is 1. The van der Waals surface area contributed by atoms with Gasteiger partial charge in [-0.2, -0.15) is 4.98 Å². The van der Waals surface area contributed by atoms with E-state index in [0.717, 1.165) is 17.7 Å². The minimum Gasteiger partial charge on any atom is -0.472 e. The van der Waals surface area contributed by atoms with Crippen LogP contribution in [0.15, 0.2) is 52.1 Å². The Bertz CT molecular complexity index is 831. The predicted molar refractivity (Wildman–Crippen MR) is 87.1 cm³/mol. The zero-order valence-corrected chi connectivity index (χ0v) is 13.5. The number of pyridine rings is 1. The van der Waals surface area contributed by atoms with Crippen LogP contribution >= 0.6 is 0 Å². The average molecular weight is 339 g/mol. The van der Waals surface area contributed by atoms with Gasteiger partial charge in [0.1, 0.15) is 0 Å². The summed E-state index contributed by atoms with van der Waals surface area (Å²) >= 11 is 0. The molecule has 1 N–H and O–H groups in total. The molecule has 1 atom stereocenters. The second-order valence-electron chi connectivity index (χ2n) is 5.86. The molecule has 1 amide bonds. The maximum atomic E-state index is 12.3. The minimum atomic E-state index is -0.352. The maximum absolute atomic E-state index is 12.3. The molecule has 8 heteroatoms. The summed E-state index contributed by atoms with van der Waals surface area (Å²) in [5, 5.41) is 6.90. The molecule has 0 saturated carbocycles. The molecule has 0 aromatic carbocycles. The molecule has 1 saturated heterocycles. The quantitative estimate of drug-likeness (QED) is 0.747. The molecule has 3 aromatic rings. The van der Waals surface area contributed by atoms with Gasteiger partial charge in [0, 0.05) is 43.2 Å². The minimum absolute atomic E-state index is 0.0293. The molecule has 0 radical (unpaired) electrons. The maximum Gasteiger partial charge on any atom is 0.237 e. The van der Waals surface area contributed by atoms with Gasteiger partial charge in [-0.1, -0.05) is 5.16 Å².